The number of hydrogen-bond donors (Lipinski definition) is 4. The van der Waals surface area contributed by atoms with Crippen LogP contribution < -0.4 is 11.4 Å². The van der Waals surface area contributed by atoms with Gasteiger partial charge in [0, 0.05) is 12.1 Å². The summed E-state index contributed by atoms with van der Waals surface area (Å²) in [5, 5.41) is 7.09. The average Bonchev–Trinajstić information content (AvgIpc) is 2.89. The summed E-state index contributed by atoms with van der Waals surface area (Å²) < 4.78 is 0.849. The van der Waals surface area contributed by atoms with E-state index in [9.17, 15) is 4.79 Å². The number of nitrogens with zero attached hydrogens (tertiary/aromatic N) is 1. The Labute approximate surface area is 110 Å². The van der Waals surface area contributed by atoms with Gasteiger partial charge >= 0.3 is 5.69 Å². The van der Waals surface area contributed by atoms with Crippen LogP contribution in [0, 0.1) is 0 Å². The third-order valence-electron chi connectivity index (χ3n) is 2.77. The smallest absolute Gasteiger partial charge is 0.323 e. The first-order valence-corrected chi connectivity index (χ1v) is 6.13. The lowest BCUT2D eigenvalue weighted by Gasteiger charge is -1.98. The molecule has 2 aromatic heterocycles. The maximum atomic E-state index is 11.2. The minimum absolute atomic E-state index is 0.217. The third-order valence-corrected chi connectivity index (χ3v) is 3.62. The van der Waals surface area contributed by atoms with E-state index in [4.69, 9.17) is 5.73 Å². The zero-order chi connectivity index (χ0) is 12.7. The van der Waals surface area contributed by atoms with E-state index in [1.54, 1.807) is 0 Å². The lowest BCUT2D eigenvalue weighted by Crippen LogP contribution is -1.99. The number of H-pyrrole nitrogens is 3. The molecular formula is C11H10BrN5O. The van der Waals surface area contributed by atoms with Gasteiger partial charge in [0.1, 0.15) is 5.69 Å². The number of hydrogen-bond acceptors (Lipinski definition) is 3. The van der Waals surface area contributed by atoms with Crippen molar-refractivity contribution in [3.05, 3.63) is 38.9 Å². The van der Waals surface area contributed by atoms with Crippen LogP contribution in [0.15, 0.2) is 27.5 Å². The van der Waals surface area contributed by atoms with Gasteiger partial charge in [0.2, 0.25) is 0 Å². The molecule has 0 bridgehead atoms. The minimum atomic E-state index is -0.217. The fourth-order valence-electron chi connectivity index (χ4n) is 1.87. The Hall–Kier alpha value is -1.86. The van der Waals surface area contributed by atoms with Gasteiger partial charge in [0.15, 0.2) is 0 Å². The largest absolute Gasteiger partial charge is 0.325 e. The topological polar surface area (TPSA) is 103 Å². The van der Waals surface area contributed by atoms with Crippen LogP contribution in [0.25, 0.3) is 22.3 Å². The molecule has 3 aromatic rings. The molecule has 7 heteroatoms. The van der Waals surface area contributed by atoms with Crippen molar-refractivity contribution >= 4 is 27.0 Å². The molecule has 0 spiro atoms. The first kappa shape index (κ1) is 11.2. The first-order chi connectivity index (χ1) is 8.69. The molecule has 0 fully saturated rings. The fraction of sp³-hybridized carbons (Fsp3) is 0.0909. The number of fused-ring (bicyclic) bond motifs is 1. The highest BCUT2D eigenvalue weighted by Gasteiger charge is 2.12. The second kappa shape index (κ2) is 4.11. The molecule has 0 aliphatic carbocycles. The molecule has 6 nitrogen and oxygen atoms in total. The molecular weight excluding hydrogens is 298 g/mol. The summed E-state index contributed by atoms with van der Waals surface area (Å²) in [7, 11) is 0. The molecule has 0 saturated heterocycles. The molecule has 92 valence electrons. The van der Waals surface area contributed by atoms with Crippen molar-refractivity contribution in [2.24, 2.45) is 5.73 Å². The van der Waals surface area contributed by atoms with E-state index in [1.807, 2.05) is 18.2 Å². The Kier molecular flexibility index (Phi) is 2.57. The highest BCUT2D eigenvalue weighted by Crippen LogP contribution is 2.29. The fourth-order valence-corrected chi connectivity index (χ4v) is 2.44. The maximum absolute atomic E-state index is 11.2. The number of aromatic amines is 3. The van der Waals surface area contributed by atoms with E-state index in [-0.39, 0.29) is 5.69 Å². The van der Waals surface area contributed by atoms with Gasteiger partial charge in [-0.2, -0.15) is 5.10 Å². The van der Waals surface area contributed by atoms with E-state index >= 15 is 0 Å². The maximum Gasteiger partial charge on any atom is 0.323 e. The Balaban J connectivity index is 2.18. The molecule has 0 atom stereocenters. The van der Waals surface area contributed by atoms with Crippen LogP contribution in [0.1, 0.15) is 5.69 Å². The van der Waals surface area contributed by atoms with Gasteiger partial charge in [0.05, 0.1) is 21.2 Å². The summed E-state index contributed by atoms with van der Waals surface area (Å²) in [4.78, 5) is 16.6. The normalized spacial score (nSPS) is 11.2. The third kappa shape index (κ3) is 1.68. The molecule has 0 unspecified atom stereocenters. The number of aromatic nitrogens is 4. The molecule has 0 saturated carbocycles. The lowest BCUT2D eigenvalue weighted by atomic mass is 10.1. The quantitative estimate of drug-likeness (QED) is 0.576. The van der Waals surface area contributed by atoms with Crippen LogP contribution in [0.2, 0.25) is 0 Å². The molecule has 3 rings (SSSR count). The van der Waals surface area contributed by atoms with Crippen LogP contribution in [0.5, 0.6) is 0 Å². The van der Waals surface area contributed by atoms with E-state index in [1.165, 1.54) is 0 Å². The molecule has 5 N–H and O–H groups in total. The van der Waals surface area contributed by atoms with Crippen LogP contribution >= 0.6 is 15.9 Å². The van der Waals surface area contributed by atoms with Crippen LogP contribution in [-0.4, -0.2) is 20.2 Å². The zero-order valence-corrected chi connectivity index (χ0v) is 10.8. The summed E-state index contributed by atoms with van der Waals surface area (Å²) in [5.41, 5.74) is 9.41. The number of rotatable bonds is 2. The molecule has 18 heavy (non-hydrogen) atoms. The van der Waals surface area contributed by atoms with Crippen molar-refractivity contribution in [1.82, 2.24) is 20.2 Å². The van der Waals surface area contributed by atoms with Crippen molar-refractivity contribution in [2.45, 2.75) is 6.54 Å². The second-order valence-corrected chi connectivity index (χ2v) is 4.70. The molecule has 0 aliphatic heterocycles. The summed E-state index contributed by atoms with van der Waals surface area (Å²) >= 11 is 3.46. The van der Waals surface area contributed by atoms with Gasteiger partial charge in [-0.15, -0.1) is 0 Å². The van der Waals surface area contributed by atoms with E-state index < -0.39 is 0 Å². The van der Waals surface area contributed by atoms with Gasteiger partial charge in [-0.25, -0.2) is 4.79 Å². The number of nitrogens with two attached hydrogens (primary N) is 1. The molecule has 1 aromatic carbocycles. The zero-order valence-electron chi connectivity index (χ0n) is 9.25. The van der Waals surface area contributed by atoms with Crippen LogP contribution in [0.3, 0.4) is 0 Å². The van der Waals surface area contributed by atoms with E-state index in [2.05, 4.69) is 36.1 Å². The Morgan fingerprint density at radius 1 is 1.28 bits per heavy atom. The number of halogens is 1. The standard InChI is InChI=1S/C11H10BrN5O/c12-9-8(4-13)16-17-10(9)5-1-2-6-7(3-5)15-11(18)14-6/h1-3H,4,13H2,(H,16,17)(H2,14,15,18). The van der Waals surface area contributed by atoms with E-state index in [0.717, 1.165) is 32.5 Å². The number of nitrogens with one attached hydrogen (secondary N) is 3. The predicted octanol–water partition coefficient (Wildman–Crippen LogP) is 1.47. The van der Waals surface area contributed by atoms with Crippen LogP contribution in [-0.2, 0) is 6.54 Å². The summed E-state index contributed by atoms with van der Waals surface area (Å²) in [6.45, 7) is 0.386. The van der Waals surface area contributed by atoms with Crippen molar-refractivity contribution in [3.63, 3.8) is 0 Å². The molecule has 0 radical (unpaired) electrons. The van der Waals surface area contributed by atoms with Gasteiger partial charge < -0.3 is 15.7 Å². The van der Waals surface area contributed by atoms with E-state index in [0.29, 0.717) is 6.54 Å². The summed E-state index contributed by atoms with van der Waals surface area (Å²) in [5.74, 6) is 0. The van der Waals surface area contributed by atoms with Gasteiger partial charge in [-0.05, 0) is 28.1 Å². The van der Waals surface area contributed by atoms with Gasteiger partial charge in [0.25, 0.3) is 0 Å². The number of imidazole rings is 1. The number of benzene rings is 1. The predicted molar refractivity (Wildman–Crippen MR) is 72.1 cm³/mol. The Morgan fingerprint density at radius 2 is 2.06 bits per heavy atom. The highest BCUT2D eigenvalue weighted by molar-refractivity contribution is 9.10. The Bertz CT molecular complexity index is 769. The highest BCUT2D eigenvalue weighted by atomic mass is 79.9. The molecule has 0 aliphatic rings. The first-order valence-electron chi connectivity index (χ1n) is 5.34. The van der Waals surface area contributed by atoms with Crippen molar-refractivity contribution in [2.75, 3.05) is 0 Å². The summed E-state index contributed by atoms with van der Waals surface area (Å²) in [6, 6.07) is 5.60. The monoisotopic (exact) mass is 307 g/mol. The van der Waals surface area contributed by atoms with Crippen LogP contribution in [0.4, 0.5) is 0 Å². The lowest BCUT2D eigenvalue weighted by molar-refractivity contribution is 0.945. The molecule has 2 heterocycles. The Morgan fingerprint density at radius 3 is 2.78 bits per heavy atom. The van der Waals surface area contributed by atoms with Crippen molar-refractivity contribution in [1.29, 1.82) is 0 Å². The molecule has 0 amide bonds. The van der Waals surface area contributed by atoms with Gasteiger partial charge in [-0.1, -0.05) is 6.07 Å². The average molecular weight is 308 g/mol. The van der Waals surface area contributed by atoms with Crippen molar-refractivity contribution < 1.29 is 0 Å². The van der Waals surface area contributed by atoms with Gasteiger partial charge in [-0.3, -0.25) is 5.10 Å². The van der Waals surface area contributed by atoms with Crippen molar-refractivity contribution in [3.8, 4) is 11.3 Å². The minimum Gasteiger partial charge on any atom is -0.325 e. The second-order valence-electron chi connectivity index (χ2n) is 3.91. The summed E-state index contributed by atoms with van der Waals surface area (Å²) in [6.07, 6.45) is 0. The SMILES string of the molecule is NCc1[nH]nc(-c2ccc3[nH]c(=O)[nH]c3c2)c1Br.